The van der Waals surface area contributed by atoms with Crippen molar-refractivity contribution >= 4 is 11.6 Å². The van der Waals surface area contributed by atoms with Gasteiger partial charge in [0.05, 0.1) is 12.8 Å². The Balaban J connectivity index is 1.73. The normalized spacial score (nSPS) is 10.4. The number of amides is 1. The van der Waals surface area contributed by atoms with Crippen molar-refractivity contribution < 1.29 is 23.8 Å². The van der Waals surface area contributed by atoms with Crippen LogP contribution in [0.3, 0.4) is 0 Å². The summed E-state index contributed by atoms with van der Waals surface area (Å²) in [7, 11) is 1.53. The molecule has 0 saturated heterocycles. The van der Waals surface area contributed by atoms with Crippen LogP contribution in [0.15, 0.2) is 65.1 Å². The Morgan fingerprint density at radius 2 is 1.92 bits per heavy atom. The van der Waals surface area contributed by atoms with Crippen LogP contribution in [0.4, 0.5) is 5.69 Å². The quantitative estimate of drug-likeness (QED) is 0.680. The van der Waals surface area contributed by atoms with Crippen LogP contribution < -0.4 is 14.8 Å². The van der Waals surface area contributed by atoms with Crippen LogP contribution in [0.1, 0.15) is 5.76 Å². The minimum absolute atomic E-state index is 0.118. The van der Waals surface area contributed by atoms with E-state index >= 15 is 0 Å². The summed E-state index contributed by atoms with van der Waals surface area (Å²) in [6.07, 6.45) is 0. The van der Waals surface area contributed by atoms with Gasteiger partial charge in [-0.1, -0.05) is 18.2 Å². The van der Waals surface area contributed by atoms with E-state index in [9.17, 15) is 4.79 Å². The number of benzene rings is 2. The molecule has 0 fully saturated rings. The first kappa shape index (κ1) is 17.6. The number of anilines is 1. The molecule has 1 heterocycles. The number of nitrogens with one attached hydrogen (secondary N) is 1. The number of carbonyl (C=O) groups is 1. The van der Waals surface area contributed by atoms with Gasteiger partial charge in [-0.05, 0) is 42.5 Å². The van der Waals surface area contributed by atoms with Crippen LogP contribution >= 0.6 is 0 Å². The lowest BCUT2D eigenvalue weighted by atomic mass is 10.1. The highest BCUT2D eigenvalue weighted by Gasteiger charge is 2.12. The number of rotatable bonds is 7. The zero-order valence-corrected chi connectivity index (χ0v) is 14.3. The van der Waals surface area contributed by atoms with E-state index in [1.165, 1.54) is 7.11 Å². The molecule has 134 valence electrons. The first-order valence-electron chi connectivity index (χ1n) is 8.05. The van der Waals surface area contributed by atoms with Gasteiger partial charge in [-0.3, -0.25) is 4.79 Å². The molecule has 26 heavy (non-hydrogen) atoms. The van der Waals surface area contributed by atoms with E-state index < -0.39 is 0 Å². The van der Waals surface area contributed by atoms with Crippen molar-refractivity contribution in [3.63, 3.8) is 0 Å². The van der Waals surface area contributed by atoms with Crippen LogP contribution in [0.25, 0.3) is 11.3 Å². The van der Waals surface area contributed by atoms with Crippen LogP contribution in [-0.4, -0.2) is 24.7 Å². The Hall–Kier alpha value is -3.25. The molecule has 0 bridgehead atoms. The number of methoxy groups -OCH3 is 1. The molecular weight excluding hydrogens is 334 g/mol. The van der Waals surface area contributed by atoms with Crippen LogP contribution in [0, 0.1) is 0 Å². The Kier molecular flexibility index (Phi) is 5.56. The zero-order chi connectivity index (χ0) is 18.4. The van der Waals surface area contributed by atoms with Crippen molar-refractivity contribution in [3.05, 3.63) is 66.4 Å². The Bertz CT molecular complexity index is 873. The maximum absolute atomic E-state index is 12.2. The van der Waals surface area contributed by atoms with E-state index in [0.717, 1.165) is 5.56 Å². The zero-order valence-electron chi connectivity index (χ0n) is 14.3. The minimum Gasteiger partial charge on any atom is -0.495 e. The summed E-state index contributed by atoms with van der Waals surface area (Å²) in [6.45, 7) is -0.288. The van der Waals surface area contributed by atoms with Crippen LogP contribution in [-0.2, 0) is 11.4 Å². The summed E-state index contributed by atoms with van der Waals surface area (Å²) < 4.78 is 16.3. The molecule has 0 aliphatic carbocycles. The lowest BCUT2D eigenvalue weighted by Crippen LogP contribution is -2.20. The third-order valence-corrected chi connectivity index (χ3v) is 3.69. The SMILES string of the molecule is COc1ccc(-c2ccc(CO)o2)cc1NC(=O)COc1ccccc1. The Morgan fingerprint density at radius 1 is 1.12 bits per heavy atom. The average Bonchev–Trinajstić information content (AvgIpc) is 3.16. The molecule has 0 radical (unpaired) electrons. The summed E-state index contributed by atoms with van der Waals surface area (Å²) in [5, 5.41) is 11.9. The third-order valence-electron chi connectivity index (χ3n) is 3.69. The number of aliphatic hydroxyl groups excluding tert-OH is 1. The first-order valence-corrected chi connectivity index (χ1v) is 8.05. The molecule has 0 unspecified atom stereocenters. The van der Waals surface area contributed by atoms with Gasteiger partial charge in [-0.2, -0.15) is 0 Å². The number of para-hydroxylation sites is 1. The van der Waals surface area contributed by atoms with E-state index in [0.29, 0.717) is 28.7 Å². The van der Waals surface area contributed by atoms with E-state index in [1.54, 1.807) is 36.4 Å². The van der Waals surface area contributed by atoms with Gasteiger partial charge in [-0.25, -0.2) is 0 Å². The fraction of sp³-hybridized carbons (Fsp3) is 0.150. The molecule has 2 N–H and O–H groups in total. The number of ether oxygens (including phenoxy) is 2. The third kappa shape index (κ3) is 4.23. The fourth-order valence-corrected chi connectivity index (χ4v) is 2.43. The lowest BCUT2D eigenvalue weighted by molar-refractivity contribution is -0.118. The van der Waals surface area contributed by atoms with Crippen molar-refractivity contribution in [3.8, 4) is 22.8 Å². The minimum atomic E-state index is -0.306. The van der Waals surface area contributed by atoms with E-state index in [2.05, 4.69) is 5.32 Å². The molecule has 0 aliphatic heterocycles. The molecule has 6 heteroatoms. The molecule has 1 amide bonds. The molecule has 0 atom stereocenters. The topological polar surface area (TPSA) is 80.9 Å². The van der Waals surface area contributed by atoms with Gasteiger partial charge in [-0.15, -0.1) is 0 Å². The fourth-order valence-electron chi connectivity index (χ4n) is 2.43. The smallest absolute Gasteiger partial charge is 0.262 e. The van der Waals surface area contributed by atoms with E-state index in [-0.39, 0.29) is 19.1 Å². The van der Waals surface area contributed by atoms with Gasteiger partial charge in [0.1, 0.15) is 29.6 Å². The van der Waals surface area contributed by atoms with Crippen molar-refractivity contribution in [2.45, 2.75) is 6.61 Å². The number of carbonyl (C=O) groups excluding carboxylic acids is 1. The largest absolute Gasteiger partial charge is 0.495 e. The van der Waals surface area contributed by atoms with Gasteiger partial charge in [0.25, 0.3) is 5.91 Å². The number of furan rings is 1. The highest BCUT2D eigenvalue weighted by atomic mass is 16.5. The molecule has 6 nitrogen and oxygen atoms in total. The second-order valence-corrected chi connectivity index (χ2v) is 5.49. The molecule has 3 aromatic rings. The van der Waals surface area contributed by atoms with E-state index in [4.69, 9.17) is 19.0 Å². The van der Waals surface area contributed by atoms with Crippen molar-refractivity contribution in [1.82, 2.24) is 0 Å². The van der Waals surface area contributed by atoms with Crippen molar-refractivity contribution in [2.75, 3.05) is 19.0 Å². The monoisotopic (exact) mass is 353 g/mol. The van der Waals surface area contributed by atoms with Crippen LogP contribution in [0.5, 0.6) is 11.5 Å². The number of hydrogen-bond acceptors (Lipinski definition) is 5. The van der Waals surface area contributed by atoms with E-state index in [1.807, 2.05) is 24.3 Å². The second-order valence-electron chi connectivity index (χ2n) is 5.49. The lowest BCUT2D eigenvalue weighted by Gasteiger charge is -2.12. The van der Waals surface area contributed by atoms with Crippen LogP contribution in [0.2, 0.25) is 0 Å². The predicted molar refractivity (Wildman–Crippen MR) is 97.2 cm³/mol. The molecule has 1 aromatic heterocycles. The van der Waals surface area contributed by atoms with Gasteiger partial charge >= 0.3 is 0 Å². The standard InChI is InChI=1S/C20H19NO5/c1-24-19-9-7-14(18-10-8-16(12-22)26-18)11-17(19)21-20(23)13-25-15-5-3-2-4-6-15/h2-11,22H,12-13H2,1H3,(H,21,23). The Morgan fingerprint density at radius 3 is 2.62 bits per heavy atom. The van der Waals surface area contributed by atoms with Gasteiger partial charge in [0.2, 0.25) is 0 Å². The first-order chi connectivity index (χ1) is 12.7. The summed E-state index contributed by atoms with van der Waals surface area (Å²) in [6, 6.07) is 17.9. The second kappa shape index (κ2) is 8.22. The predicted octanol–water partition coefficient (Wildman–Crippen LogP) is 3.47. The van der Waals surface area contributed by atoms with Crippen molar-refractivity contribution in [1.29, 1.82) is 0 Å². The van der Waals surface area contributed by atoms with Gasteiger partial charge < -0.3 is 24.3 Å². The molecule has 0 saturated carbocycles. The maximum Gasteiger partial charge on any atom is 0.262 e. The number of hydrogen-bond donors (Lipinski definition) is 2. The molecule has 2 aromatic carbocycles. The average molecular weight is 353 g/mol. The summed E-state index contributed by atoms with van der Waals surface area (Å²) >= 11 is 0. The molecular formula is C20H19NO5. The van der Waals surface area contributed by atoms with Gasteiger partial charge in [0.15, 0.2) is 6.61 Å². The maximum atomic E-state index is 12.2. The summed E-state index contributed by atoms with van der Waals surface area (Å²) in [4.78, 5) is 12.2. The summed E-state index contributed by atoms with van der Waals surface area (Å²) in [5.41, 5.74) is 1.26. The summed E-state index contributed by atoms with van der Waals surface area (Å²) in [5.74, 6) is 1.90. The molecule has 0 aliphatic rings. The van der Waals surface area contributed by atoms with Crippen molar-refractivity contribution in [2.24, 2.45) is 0 Å². The molecule has 0 spiro atoms. The van der Waals surface area contributed by atoms with Gasteiger partial charge in [0, 0.05) is 5.56 Å². The molecule has 3 rings (SSSR count). The number of aliphatic hydroxyl groups is 1. The Labute approximate surface area is 151 Å². The highest BCUT2D eigenvalue weighted by molar-refractivity contribution is 5.94. The highest BCUT2D eigenvalue weighted by Crippen LogP contribution is 2.31.